The number of nitrogen functional groups attached to an aromatic ring is 1. The highest BCUT2D eigenvalue weighted by molar-refractivity contribution is 5.80. The molecule has 0 saturated heterocycles. The van der Waals surface area contributed by atoms with Crippen molar-refractivity contribution in [3.05, 3.63) is 59.9 Å². The van der Waals surface area contributed by atoms with Gasteiger partial charge >= 0.3 is 0 Å². The van der Waals surface area contributed by atoms with E-state index in [4.69, 9.17) is 10.7 Å². The number of nitrogens with zero attached hydrogens (tertiary/aromatic N) is 2. The summed E-state index contributed by atoms with van der Waals surface area (Å²) in [6.45, 7) is 2.25. The highest BCUT2D eigenvalue weighted by atomic mass is 15.1. The number of benzene rings is 2. The van der Waals surface area contributed by atoms with Crippen LogP contribution in [0.3, 0.4) is 0 Å². The zero-order valence-electron chi connectivity index (χ0n) is 12.2. The summed E-state index contributed by atoms with van der Waals surface area (Å²) in [7, 11) is 0. The maximum Gasteiger partial charge on any atom is 0.113 e. The van der Waals surface area contributed by atoms with Gasteiger partial charge in [0.1, 0.15) is 5.82 Å². The lowest BCUT2D eigenvalue weighted by Crippen LogP contribution is -2.10. The second-order valence-electron chi connectivity index (χ2n) is 5.95. The SMILES string of the molecule is CC(c1ccccc1)n1c(C2CC2)nc2cc(N)ccc21. The molecule has 4 rings (SSSR count). The fourth-order valence-corrected chi connectivity index (χ4v) is 3.05. The summed E-state index contributed by atoms with van der Waals surface area (Å²) in [6.07, 6.45) is 2.50. The first-order valence-electron chi connectivity index (χ1n) is 7.56. The molecule has 0 bridgehead atoms. The Balaban J connectivity index is 1.91. The van der Waals surface area contributed by atoms with Gasteiger partial charge in [-0.15, -0.1) is 0 Å². The molecule has 1 fully saturated rings. The maximum atomic E-state index is 5.91. The molecule has 21 heavy (non-hydrogen) atoms. The lowest BCUT2D eigenvalue weighted by atomic mass is 10.1. The van der Waals surface area contributed by atoms with Crippen molar-refractivity contribution >= 4 is 16.7 Å². The smallest absolute Gasteiger partial charge is 0.113 e. The molecule has 1 aliphatic rings. The number of nitrogens with two attached hydrogens (primary N) is 1. The van der Waals surface area contributed by atoms with Crippen molar-refractivity contribution in [1.82, 2.24) is 9.55 Å². The Labute approximate surface area is 124 Å². The lowest BCUT2D eigenvalue weighted by molar-refractivity contribution is 0.620. The first-order chi connectivity index (χ1) is 10.2. The van der Waals surface area contributed by atoms with E-state index in [-0.39, 0.29) is 6.04 Å². The fraction of sp³-hybridized carbons (Fsp3) is 0.278. The van der Waals surface area contributed by atoms with Crippen LogP contribution in [0.15, 0.2) is 48.5 Å². The summed E-state index contributed by atoms with van der Waals surface area (Å²) < 4.78 is 2.39. The summed E-state index contributed by atoms with van der Waals surface area (Å²) in [5.74, 6) is 1.83. The van der Waals surface area contributed by atoms with Crippen LogP contribution in [0.1, 0.15) is 43.1 Å². The number of hydrogen-bond donors (Lipinski definition) is 1. The van der Waals surface area contributed by atoms with Crippen LogP contribution in [-0.4, -0.2) is 9.55 Å². The average Bonchev–Trinajstić information content (AvgIpc) is 3.28. The summed E-state index contributed by atoms with van der Waals surface area (Å²) >= 11 is 0. The monoisotopic (exact) mass is 277 g/mol. The maximum absolute atomic E-state index is 5.91. The highest BCUT2D eigenvalue weighted by Gasteiger charge is 2.31. The van der Waals surface area contributed by atoms with Gasteiger partial charge in [-0.25, -0.2) is 4.98 Å². The molecule has 106 valence electrons. The van der Waals surface area contributed by atoms with Gasteiger partial charge in [0.05, 0.1) is 17.1 Å². The van der Waals surface area contributed by atoms with Crippen molar-refractivity contribution in [1.29, 1.82) is 0 Å². The molecule has 1 aromatic heterocycles. The molecule has 0 aliphatic heterocycles. The molecule has 3 aromatic rings. The average molecular weight is 277 g/mol. The standard InChI is InChI=1S/C18H19N3/c1-12(13-5-3-2-4-6-13)21-17-10-9-15(19)11-16(17)20-18(21)14-7-8-14/h2-6,9-12,14H,7-8,19H2,1H3. The van der Waals surface area contributed by atoms with E-state index in [9.17, 15) is 0 Å². The van der Waals surface area contributed by atoms with E-state index in [0.29, 0.717) is 5.92 Å². The topological polar surface area (TPSA) is 43.8 Å². The molecule has 2 N–H and O–H groups in total. The van der Waals surface area contributed by atoms with E-state index in [0.717, 1.165) is 11.2 Å². The number of rotatable bonds is 3. The van der Waals surface area contributed by atoms with Crippen molar-refractivity contribution in [3.8, 4) is 0 Å². The molecular weight excluding hydrogens is 258 g/mol. The van der Waals surface area contributed by atoms with Crippen LogP contribution in [0.4, 0.5) is 5.69 Å². The minimum atomic E-state index is 0.287. The normalized spacial score (nSPS) is 16.2. The fourth-order valence-electron chi connectivity index (χ4n) is 3.05. The molecule has 2 aromatic carbocycles. The van der Waals surface area contributed by atoms with E-state index in [1.165, 1.54) is 29.7 Å². The van der Waals surface area contributed by atoms with Gasteiger partial charge in [0.15, 0.2) is 0 Å². The number of hydrogen-bond acceptors (Lipinski definition) is 2. The molecule has 1 atom stereocenters. The van der Waals surface area contributed by atoms with Gasteiger partial charge in [0.2, 0.25) is 0 Å². The minimum Gasteiger partial charge on any atom is -0.399 e. The summed E-state index contributed by atoms with van der Waals surface area (Å²) in [4.78, 5) is 4.87. The van der Waals surface area contributed by atoms with E-state index < -0.39 is 0 Å². The second kappa shape index (κ2) is 4.62. The van der Waals surface area contributed by atoms with E-state index in [1.807, 2.05) is 12.1 Å². The summed E-state index contributed by atoms with van der Waals surface area (Å²) in [5, 5.41) is 0. The largest absolute Gasteiger partial charge is 0.399 e. The minimum absolute atomic E-state index is 0.287. The van der Waals surface area contributed by atoms with Crippen molar-refractivity contribution in [2.24, 2.45) is 0 Å². The Hall–Kier alpha value is -2.29. The molecular formula is C18H19N3. The molecule has 0 amide bonds. The van der Waals surface area contributed by atoms with Gasteiger partial charge in [0.25, 0.3) is 0 Å². The molecule has 1 saturated carbocycles. The first-order valence-corrected chi connectivity index (χ1v) is 7.56. The predicted molar refractivity (Wildman–Crippen MR) is 86.4 cm³/mol. The molecule has 0 spiro atoms. The van der Waals surface area contributed by atoms with Gasteiger partial charge in [-0.1, -0.05) is 30.3 Å². The third-order valence-corrected chi connectivity index (χ3v) is 4.35. The molecule has 1 aliphatic carbocycles. The molecule has 3 heteroatoms. The molecule has 0 radical (unpaired) electrons. The predicted octanol–water partition coefficient (Wildman–Crippen LogP) is 4.11. The highest BCUT2D eigenvalue weighted by Crippen LogP contribution is 2.42. The lowest BCUT2D eigenvalue weighted by Gasteiger charge is -2.18. The Morgan fingerprint density at radius 1 is 1.14 bits per heavy atom. The van der Waals surface area contributed by atoms with Gasteiger partial charge in [-0.05, 0) is 43.5 Å². The van der Waals surface area contributed by atoms with Gasteiger partial charge < -0.3 is 10.3 Å². The van der Waals surface area contributed by atoms with Crippen LogP contribution >= 0.6 is 0 Å². The summed E-state index contributed by atoms with van der Waals surface area (Å²) in [5.41, 5.74) is 10.2. The van der Waals surface area contributed by atoms with Crippen LogP contribution in [0, 0.1) is 0 Å². The number of imidazole rings is 1. The Kier molecular flexibility index (Phi) is 2.74. The third-order valence-electron chi connectivity index (χ3n) is 4.35. The van der Waals surface area contributed by atoms with Crippen molar-refractivity contribution in [3.63, 3.8) is 0 Å². The van der Waals surface area contributed by atoms with Crippen LogP contribution in [-0.2, 0) is 0 Å². The second-order valence-corrected chi connectivity index (χ2v) is 5.95. The van der Waals surface area contributed by atoms with Crippen LogP contribution < -0.4 is 5.73 Å². The number of anilines is 1. The molecule has 1 heterocycles. The Bertz CT molecular complexity index is 785. The Morgan fingerprint density at radius 3 is 2.62 bits per heavy atom. The Morgan fingerprint density at radius 2 is 1.90 bits per heavy atom. The van der Waals surface area contributed by atoms with Crippen molar-refractivity contribution in [2.45, 2.75) is 31.7 Å². The zero-order valence-corrected chi connectivity index (χ0v) is 12.2. The number of fused-ring (bicyclic) bond motifs is 1. The summed E-state index contributed by atoms with van der Waals surface area (Å²) in [6, 6.07) is 17.0. The van der Waals surface area contributed by atoms with Gasteiger partial charge in [-0.3, -0.25) is 0 Å². The zero-order chi connectivity index (χ0) is 14.4. The van der Waals surface area contributed by atoms with Gasteiger partial charge in [0, 0.05) is 11.6 Å². The van der Waals surface area contributed by atoms with Crippen LogP contribution in [0.5, 0.6) is 0 Å². The van der Waals surface area contributed by atoms with E-state index in [2.05, 4.69) is 47.9 Å². The molecule has 1 unspecified atom stereocenters. The van der Waals surface area contributed by atoms with Crippen LogP contribution in [0.2, 0.25) is 0 Å². The van der Waals surface area contributed by atoms with Gasteiger partial charge in [-0.2, -0.15) is 0 Å². The van der Waals surface area contributed by atoms with Crippen LogP contribution in [0.25, 0.3) is 11.0 Å². The van der Waals surface area contributed by atoms with Crippen molar-refractivity contribution in [2.75, 3.05) is 5.73 Å². The third kappa shape index (κ3) is 2.09. The quantitative estimate of drug-likeness (QED) is 0.732. The first kappa shape index (κ1) is 12.5. The van der Waals surface area contributed by atoms with Crippen molar-refractivity contribution < 1.29 is 0 Å². The molecule has 3 nitrogen and oxygen atoms in total. The van der Waals surface area contributed by atoms with E-state index >= 15 is 0 Å². The number of aromatic nitrogens is 2. The van der Waals surface area contributed by atoms with E-state index in [1.54, 1.807) is 0 Å².